The van der Waals surface area contributed by atoms with E-state index < -0.39 is 5.97 Å². The fraction of sp³-hybridized carbons (Fsp3) is 0.917. The average Bonchev–Trinajstić information content (AvgIpc) is 2.18. The van der Waals surface area contributed by atoms with Crippen LogP contribution in [-0.2, 0) is 4.79 Å². The number of hydrogen-bond donors (Lipinski definition) is 2. The van der Waals surface area contributed by atoms with Crippen LogP contribution in [0.4, 0.5) is 0 Å². The van der Waals surface area contributed by atoms with Crippen molar-refractivity contribution < 1.29 is 9.90 Å². The lowest BCUT2D eigenvalue weighted by molar-refractivity contribution is -0.139. The maximum Gasteiger partial charge on any atom is 0.304 e. The lowest BCUT2D eigenvalue weighted by Crippen LogP contribution is -2.63. The number of nitrogens with zero attached hydrogens (tertiary/aromatic N) is 1. The third-order valence-electron chi connectivity index (χ3n) is 3.43. The molecule has 0 spiro atoms. The first-order valence-corrected chi connectivity index (χ1v) is 6.08. The maximum absolute atomic E-state index is 10.8. The molecule has 1 aliphatic rings. The molecule has 4 nitrogen and oxygen atoms in total. The summed E-state index contributed by atoms with van der Waals surface area (Å²) in [7, 11) is 0. The van der Waals surface area contributed by atoms with Crippen molar-refractivity contribution in [3.05, 3.63) is 0 Å². The summed E-state index contributed by atoms with van der Waals surface area (Å²) in [6, 6.07) is 0.575. The Morgan fingerprint density at radius 2 is 2.25 bits per heavy atom. The van der Waals surface area contributed by atoms with E-state index in [0.717, 1.165) is 19.5 Å². The maximum atomic E-state index is 10.8. The Morgan fingerprint density at radius 1 is 1.62 bits per heavy atom. The summed E-state index contributed by atoms with van der Waals surface area (Å²) < 4.78 is 0. The molecule has 1 saturated heterocycles. The van der Waals surface area contributed by atoms with Gasteiger partial charge < -0.3 is 10.4 Å². The zero-order valence-electron chi connectivity index (χ0n) is 10.8. The Labute approximate surface area is 98.0 Å². The predicted molar refractivity (Wildman–Crippen MR) is 64.6 cm³/mol. The third kappa shape index (κ3) is 3.46. The number of carboxylic acids is 1. The minimum Gasteiger partial charge on any atom is -0.481 e. The quantitative estimate of drug-likeness (QED) is 0.762. The molecule has 16 heavy (non-hydrogen) atoms. The van der Waals surface area contributed by atoms with E-state index in [2.05, 4.69) is 37.9 Å². The van der Waals surface area contributed by atoms with E-state index in [0.29, 0.717) is 6.04 Å². The summed E-state index contributed by atoms with van der Waals surface area (Å²) in [5.74, 6) is -0.709. The molecule has 4 heteroatoms. The molecule has 94 valence electrons. The molecule has 2 N–H and O–H groups in total. The van der Waals surface area contributed by atoms with Gasteiger partial charge in [0.25, 0.3) is 0 Å². The highest BCUT2D eigenvalue weighted by molar-refractivity contribution is 5.67. The van der Waals surface area contributed by atoms with Crippen LogP contribution in [-0.4, -0.2) is 46.7 Å². The Balaban J connectivity index is 2.71. The molecule has 1 aliphatic heterocycles. The summed E-state index contributed by atoms with van der Waals surface area (Å²) in [6.07, 6.45) is 1.29. The first kappa shape index (κ1) is 13.5. The second-order valence-corrected chi connectivity index (χ2v) is 5.45. The SMILES string of the molecule is CCC(C)N1CC(C)(C)NCC1CC(=O)O. The fourth-order valence-corrected chi connectivity index (χ4v) is 2.29. The molecule has 0 aromatic carbocycles. The summed E-state index contributed by atoms with van der Waals surface area (Å²) >= 11 is 0. The second kappa shape index (κ2) is 5.15. The summed E-state index contributed by atoms with van der Waals surface area (Å²) in [4.78, 5) is 13.2. The molecule has 1 rings (SSSR count). The van der Waals surface area contributed by atoms with E-state index in [4.69, 9.17) is 5.11 Å². The van der Waals surface area contributed by atoms with E-state index >= 15 is 0 Å². The molecule has 0 saturated carbocycles. The molecule has 2 unspecified atom stereocenters. The van der Waals surface area contributed by atoms with Crippen molar-refractivity contribution in [3.63, 3.8) is 0 Å². The van der Waals surface area contributed by atoms with Crippen molar-refractivity contribution >= 4 is 5.97 Å². The number of hydrogen-bond acceptors (Lipinski definition) is 3. The van der Waals surface area contributed by atoms with Crippen LogP contribution in [0.1, 0.15) is 40.5 Å². The Bertz CT molecular complexity index is 253. The highest BCUT2D eigenvalue weighted by Gasteiger charge is 2.35. The van der Waals surface area contributed by atoms with Crippen LogP contribution < -0.4 is 5.32 Å². The van der Waals surface area contributed by atoms with Crippen molar-refractivity contribution in [2.75, 3.05) is 13.1 Å². The van der Waals surface area contributed by atoms with Gasteiger partial charge in [0.05, 0.1) is 6.42 Å². The van der Waals surface area contributed by atoms with Crippen molar-refractivity contribution in [1.82, 2.24) is 10.2 Å². The minimum atomic E-state index is -0.709. The molecule has 2 atom stereocenters. The van der Waals surface area contributed by atoms with Gasteiger partial charge in [-0.05, 0) is 27.2 Å². The molecule has 0 radical (unpaired) electrons. The number of rotatable bonds is 4. The van der Waals surface area contributed by atoms with E-state index in [1.54, 1.807) is 0 Å². The number of carbonyl (C=O) groups is 1. The largest absolute Gasteiger partial charge is 0.481 e. The molecular formula is C12H24N2O2. The molecular weight excluding hydrogens is 204 g/mol. The zero-order chi connectivity index (χ0) is 12.3. The molecule has 0 aromatic heterocycles. The second-order valence-electron chi connectivity index (χ2n) is 5.45. The minimum absolute atomic E-state index is 0.0818. The van der Waals surface area contributed by atoms with Gasteiger partial charge in [-0.15, -0.1) is 0 Å². The van der Waals surface area contributed by atoms with E-state index in [1.165, 1.54) is 0 Å². The zero-order valence-corrected chi connectivity index (χ0v) is 10.8. The average molecular weight is 228 g/mol. The van der Waals surface area contributed by atoms with Gasteiger partial charge in [-0.1, -0.05) is 6.92 Å². The molecule has 0 aliphatic carbocycles. The van der Waals surface area contributed by atoms with Gasteiger partial charge in [-0.2, -0.15) is 0 Å². The number of carboxylic acid groups (broad SMARTS) is 1. The molecule has 1 heterocycles. The van der Waals surface area contributed by atoms with Gasteiger partial charge in [0.15, 0.2) is 0 Å². The van der Waals surface area contributed by atoms with Gasteiger partial charge in [-0.3, -0.25) is 9.69 Å². The topological polar surface area (TPSA) is 52.6 Å². The van der Waals surface area contributed by atoms with Crippen molar-refractivity contribution in [2.24, 2.45) is 0 Å². The summed E-state index contributed by atoms with van der Waals surface area (Å²) in [5, 5.41) is 12.3. The lowest BCUT2D eigenvalue weighted by Gasteiger charge is -2.47. The third-order valence-corrected chi connectivity index (χ3v) is 3.43. The summed E-state index contributed by atoms with van der Waals surface area (Å²) in [6.45, 7) is 10.3. The Hall–Kier alpha value is -0.610. The van der Waals surface area contributed by atoms with Crippen LogP contribution in [0.15, 0.2) is 0 Å². The first-order chi connectivity index (χ1) is 7.35. The number of aliphatic carboxylic acids is 1. The highest BCUT2D eigenvalue weighted by Crippen LogP contribution is 2.21. The highest BCUT2D eigenvalue weighted by atomic mass is 16.4. The van der Waals surface area contributed by atoms with E-state index in [-0.39, 0.29) is 18.0 Å². The fourth-order valence-electron chi connectivity index (χ4n) is 2.29. The normalized spacial score (nSPS) is 27.6. The standard InChI is InChI=1S/C12H24N2O2/c1-5-9(2)14-8-12(3,4)13-7-10(14)6-11(15)16/h9-10,13H,5-8H2,1-4H3,(H,15,16). The van der Waals surface area contributed by atoms with Crippen LogP contribution in [0, 0.1) is 0 Å². The number of piperazine rings is 1. The van der Waals surface area contributed by atoms with E-state index in [9.17, 15) is 4.79 Å². The predicted octanol–water partition coefficient (Wildman–Crippen LogP) is 1.31. The van der Waals surface area contributed by atoms with Gasteiger partial charge in [0, 0.05) is 30.7 Å². The van der Waals surface area contributed by atoms with Gasteiger partial charge in [-0.25, -0.2) is 0 Å². The van der Waals surface area contributed by atoms with Crippen LogP contribution in [0.5, 0.6) is 0 Å². The smallest absolute Gasteiger partial charge is 0.304 e. The number of nitrogens with one attached hydrogen (secondary N) is 1. The van der Waals surface area contributed by atoms with Crippen molar-refractivity contribution in [1.29, 1.82) is 0 Å². The molecule has 1 fully saturated rings. The van der Waals surface area contributed by atoms with Crippen LogP contribution in [0.2, 0.25) is 0 Å². The van der Waals surface area contributed by atoms with Crippen molar-refractivity contribution in [2.45, 2.75) is 58.2 Å². The van der Waals surface area contributed by atoms with Crippen LogP contribution >= 0.6 is 0 Å². The lowest BCUT2D eigenvalue weighted by atomic mass is 9.95. The van der Waals surface area contributed by atoms with Gasteiger partial charge in [0.1, 0.15) is 0 Å². The van der Waals surface area contributed by atoms with Crippen LogP contribution in [0.3, 0.4) is 0 Å². The van der Waals surface area contributed by atoms with Crippen molar-refractivity contribution in [3.8, 4) is 0 Å². The first-order valence-electron chi connectivity index (χ1n) is 6.08. The summed E-state index contributed by atoms with van der Waals surface area (Å²) in [5.41, 5.74) is 0.0818. The molecule has 0 amide bonds. The van der Waals surface area contributed by atoms with Crippen LogP contribution in [0.25, 0.3) is 0 Å². The molecule has 0 aromatic rings. The van der Waals surface area contributed by atoms with Gasteiger partial charge in [0.2, 0.25) is 0 Å². The van der Waals surface area contributed by atoms with E-state index in [1.807, 2.05) is 0 Å². The Kier molecular flexibility index (Phi) is 4.33. The monoisotopic (exact) mass is 228 g/mol. The van der Waals surface area contributed by atoms with Gasteiger partial charge >= 0.3 is 5.97 Å². The molecule has 0 bridgehead atoms. The Morgan fingerprint density at radius 3 is 2.75 bits per heavy atom.